The summed E-state index contributed by atoms with van der Waals surface area (Å²) in [6.07, 6.45) is 4.68. The Morgan fingerprint density at radius 2 is 1.90 bits per heavy atom. The molecule has 21 heavy (non-hydrogen) atoms. The number of carboxylic acids is 1. The van der Waals surface area contributed by atoms with Crippen molar-refractivity contribution in [3.05, 3.63) is 35.9 Å². The van der Waals surface area contributed by atoms with Crippen LogP contribution in [0.5, 0.6) is 0 Å². The Kier molecular flexibility index (Phi) is 3.82. The molecule has 5 nitrogen and oxygen atoms in total. The normalized spacial score (nSPS) is 28.1. The molecule has 0 aromatic heterocycles. The Morgan fingerprint density at radius 1 is 1.14 bits per heavy atom. The number of aliphatic carboxylic acids is 1. The highest BCUT2D eigenvalue weighted by atomic mass is 16.4. The van der Waals surface area contributed by atoms with Crippen LogP contribution < -0.4 is 10.6 Å². The van der Waals surface area contributed by atoms with E-state index in [9.17, 15) is 14.7 Å². The lowest BCUT2D eigenvalue weighted by Crippen LogP contribution is -2.46. The van der Waals surface area contributed by atoms with Gasteiger partial charge < -0.3 is 15.7 Å². The van der Waals surface area contributed by atoms with Gasteiger partial charge in [-0.1, -0.05) is 36.8 Å². The summed E-state index contributed by atoms with van der Waals surface area (Å²) in [4.78, 5) is 23.4. The lowest BCUT2D eigenvalue weighted by atomic mass is 9.95. The Bertz CT molecular complexity index is 532. The Hall–Kier alpha value is -2.04. The monoisotopic (exact) mass is 288 g/mol. The quantitative estimate of drug-likeness (QED) is 0.795. The third-order valence-electron chi connectivity index (χ3n) is 4.71. The van der Waals surface area contributed by atoms with E-state index in [4.69, 9.17) is 0 Å². The standard InChI is InChI=1S/C16H20N2O3/c19-15(20)14(11-4-2-1-3-5-11)18-16(21)17-13-9-10-6-7-12(13)8-10/h1-5,10,12-14H,6-9H2,(H,19,20)(H2,17,18,21)/t10?,12?,13?,14-/m1/s1. The second-order valence-electron chi connectivity index (χ2n) is 6.08. The minimum Gasteiger partial charge on any atom is -0.479 e. The van der Waals surface area contributed by atoms with E-state index in [1.807, 2.05) is 6.07 Å². The highest BCUT2D eigenvalue weighted by molar-refractivity contribution is 5.83. The van der Waals surface area contributed by atoms with E-state index < -0.39 is 12.0 Å². The Balaban J connectivity index is 1.61. The van der Waals surface area contributed by atoms with E-state index >= 15 is 0 Å². The van der Waals surface area contributed by atoms with E-state index in [1.165, 1.54) is 19.3 Å². The van der Waals surface area contributed by atoms with Crippen molar-refractivity contribution in [3.63, 3.8) is 0 Å². The fourth-order valence-corrected chi connectivity index (χ4v) is 3.70. The Morgan fingerprint density at radius 3 is 2.48 bits per heavy atom. The number of rotatable bonds is 4. The average Bonchev–Trinajstić information content (AvgIpc) is 3.08. The summed E-state index contributed by atoms with van der Waals surface area (Å²) in [6, 6.07) is 7.56. The molecule has 0 aliphatic heterocycles. The fraction of sp³-hybridized carbons (Fsp3) is 0.500. The van der Waals surface area contributed by atoms with Gasteiger partial charge in [0, 0.05) is 6.04 Å². The van der Waals surface area contributed by atoms with Gasteiger partial charge >= 0.3 is 12.0 Å². The summed E-state index contributed by atoms with van der Waals surface area (Å²) in [5.41, 5.74) is 0.577. The predicted octanol–water partition coefficient (Wildman–Crippen LogP) is 2.30. The van der Waals surface area contributed by atoms with Crippen LogP contribution in [0.15, 0.2) is 30.3 Å². The van der Waals surface area contributed by atoms with Crippen molar-refractivity contribution in [1.82, 2.24) is 10.6 Å². The van der Waals surface area contributed by atoms with E-state index in [1.54, 1.807) is 24.3 Å². The van der Waals surface area contributed by atoms with Gasteiger partial charge in [0.15, 0.2) is 6.04 Å². The molecule has 4 atom stereocenters. The Labute approximate surface area is 123 Å². The molecule has 0 heterocycles. The molecule has 0 saturated heterocycles. The zero-order valence-electron chi connectivity index (χ0n) is 11.8. The fourth-order valence-electron chi connectivity index (χ4n) is 3.70. The number of carboxylic acid groups (broad SMARTS) is 1. The molecular formula is C16H20N2O3. The van der Waals surface area contributed by atoms with E-state index in [2.05, 4.69) is 10.6 Å². The maximum absolute atomic E-state index is 12.1. The molecule has 0 radical (unpaired) electrons. The summed E-state index contributed by atoms with van der Waals surface area (Å²) in [5, 5.41) is 14.8. The van der Waals surface area contributed by atoms with Crippen LogP contribution in [0.4, 0.5) is 4.79 Å². The zero-order valence-corrected chi connectivity index (χ0v) is 11.8. The number of hydrogen-bond acceptors (Lipinski definition) is 2. The van der Waals surface area contributed by atoms with Gasteiger partial charge in [0.2, 0.25) is 0 Å². The molecule has 1 aromatic carbocycles. The number of benzene rings is 1. The number of urea groups is 1. The highest BCUT2D eigenvalue weighted by Gasteiger charge is 2.40. The second kappa shape index (κ2) is 5.76. The topological polar surface area (TPSA) is 78.4 Å². The van der Waals surface area contributed by atoms with Crippen molar-refractivity contribution in [1.29, 1.82) is 0 Å². The molecule has 1 aromatic rings. The number of fused-ring (bicyclic) bond motifs is 2. The first-order chi connectivity index (χ1) is 10.1. The average molecular weight is 288 g/mol. The first-order valence-corrected chi connectivity index (χ1v) is 7.48. The number of carbonyl (C=O) groups excluding carboxylic acids is 1. The molecule has 3 N–H and O–H groups in total. The second-order valence-corrected chi connectivity index (χ2v) is 6.08. The summed E-state index contributed by atoms with van der Waals surface area (Å²) >= 11 is 0. The molecule has 3 unspecified atom stereocenters. The molecule has 2 amide bonds. The van der Waals surface area contributed by atoms with Crippen LogP contribution in [0.2, 0.25) is 0 Å². The largest absolute Gasteiger partial charge is 0.479 e. The van der Waals surface area contributed by atoms with Crippen molar-refractivity contribution in [3.8, 4) is 0 Å². The van der Waals surface area contributed by atoms with E-state index in [0.29, 0.717) is 11.5 Å². The number of nitrogens with one attached hydrogen (secondary N) is 2. The van der Waals surface area contributed by atoms with Gasteiger partial charge in [0.1, 0.15) is 0 Å². The molecule has 112 valence electrons. The molecular weight excluding hydrogens is 268 g/mol. The maximum atomic E-state index is 12.1. The minimum atomic E-state index is -1.05. The van der Waals surface area contributed by atoms with Crippen LogP contribution >= 0.6 is 0 Å². The van der Waals surface area contributed by atoms with Crippen LogP contribution in [0, 0.1) is 11.8 Å². The van der Waals surface area contributed by atoms with Crippen LogP contribution in [-0.2, 0) is 4.79 Å². The van der Waals surface area contributed by atoms with Crippen molar-refractivity contribution in [2.24, 2.45) is 11.8 Å². The third-order valence-corrected chi connectivity index (χ3v) is 4.71. The first-order valence-electron chi connectivity index (χ1n) is 7.48. The van der Waals surface area contributed by atoms with Gasteiger partial charge in [-0.15, -0.1) is 0 Å². The molecule has 3 rings (SSSR count). The van der Waals surface area contributed by atoms with E-state index in [0.717, 1.165) is 12.3 Å². The number of hydrogen-bond donors (Lipinski definition) is 3. The van der Waals surface area contributed by atoms with Crippen molar-refractivity contribution in [2.75, 3.05) is 0 Å². The van der Waals surface area contributed by atoms with Crippen molar-refractivity contribution >= 4 is 12.0 Å². The molecule has 0 spiro atoms. The van der Waals surface area contributed by atoms with Crippen molar-refractivity contribution in [2.45, 2.75) is 37.8 Å². The van der Waals surface area contributed by atoms with Crippen molar-refractivity contribution < 1.29 is 14.7 Å². The summed E-state index contributed by atoms with van der Waals surface area (Å²) in [7, 11) is 0. The lowest BCUT2D eigenvalue weighted by molar-refractivity contribution is -0.139. The lowest BCUT2D eigenvalue weighted by Gasteiger charge is -2.24. The predicted molar refractivity (Wildman–Crippen MR) is 77.7 cm³/mol. The zero-order chi connectivity index (χ0) is 14.8. The molecule has 2 bridgehead atoms. The van der Waals surface area contributed by atoms with Gasteiger partial charge in [-0.25, -0.2) is 9.59 Å². The molecule has 2 saturated carbocycles. The van der Waals surface area contributed by atoms with Gasteiger partial charge in [0.25, 0.3) is 0 Å². The molecule has 2 aliphatic carbocycles. The smallest absolute Gasteiger partial charge is 0.330 e. The number of amides is 2. The number of carbonyl (C=O) groups is 2. The molecule has 2 aliphatic rings. The van der Waals surface area contributed by atoms with Gasteiger partial charge in [-0.05, 0) is 36.7 Å². The van der Waals surface area contributed by atoms with Crippen LogP contribution in [0.25, 0.3) is 0 Å². The summed E-state index contributed by atoms with van der Waals surface area (Å²) in [5.74, 6) is 0.259. The molecule has 5 heteroatoms. The van der Waals surface area contributed by atoms with Gasteiger partial charge in [-0.2, -0.15) is 0 Å². The molecule has 2 fully saturated rings. The van der Waals surface area contributed by atoms with Crippen LogP contribution in [0.1, 0.15) is 37.3 Å². The SMILES string of the molecule is O=C(NC1CC2CCC1C2)N[C@@H](C(=O)O)c1ccccc1. The minimum absolute atomic E-state index is 0.203. The first kappa shape index (κ1) is 13.9. The van der Waals surface area contributed by atoms with Crippen LogP contribution in [-0.4, -0.2) is 23.1 Å². The van der Waals surface area contributed by atoms with Crippen LogP contribution in [0.3, 0.4) is 0 Å². The summed E-state index contributed by atoms with van der Waals surface area (Å²) < 4.78 is 0. The van der Waals surface area contributed by atoms with Gasteiger partial charge in [0.05, 0.1) is 0 Å². The third kappa shape index (κ3) is 3.01. The maximum Gasteiger partial charge on any atom is 0.330 e. The van der Waals surface area contributed by atoms with Gasteiger partial charge in [-0.3, -0.25) is 0 Å². The van der Waals surface area contributed by atoms with E-state index in [-0.39, 0.29) is 12.1 Å². The summed E-state index contributed by atoms with van der Waals surface area (Å²) in [6.45, 7) is 0. The highest BCUT2D eigenvalue weighted by Crippen LogP contribution is 2.44.